The molecule has 0 aliphatic rings. The topological polar surface area (TPSA) is 47.6 Å². The van der Waals surface area contributed by atoms with Crippen LogP contribution in [0.25, 0.3) is 0 Å². The molecule has 0 aromatic heterocycles. The van der Waals surface area contributed by atoms with Crippen LogP contribution in [0.4, 0.5) is 0 Å². The van der Waals surface area contributed by atoms with Crippen molar-refractivity contribution in [3.8, 4) is 9.94 Å². The van der Waals surface area contributed by atoms with Crippen LogP contribution in [0.1, 0.15) is 0 Å². The fraction of sp³-hybridized carbons (Fsp3) is 0. The fourth-order valence-electron chi connectivity index (χ4n) is 0.0177. The molecule has 0 radical (unpaired) electrons. The Morgan fingerprint density at radius 2 is 1.43 bits per heavy atom. The summed E-state index contributed by atoms with van der Waals surface area (Å²) < 4.78 is 0. The maximum atomic E-state index is 7.59. The predicted molar refractivity (Wildman–Crippen MR) is 11.2 cm³/mol. The van der Waals surface area contributed by atoms with E-state index in [1.807, 2.05) is 0 Å². The van der Waals surface area contributed by atoms with Gasteiger partial charge in [-0.2, -0.15) is 0 Å². The zero-order valence-electron chi connectivity index (χ0n) is 3.31. The largest absolute Gasteiger partial charge is 0 e. The summed E-state index contributed by atoms with van der Waals surface area (Å²) in [6.45, 7) is 0. The predicted octanol–water partition coefficient (Wildman–Crippen LogP) is 0.0261. The third-order valence-corrected chi connectivity index (χ3v) is 0.326. The van der Waals surface area contributed by atoms with E-state index in [-0.39, 0.29) is 51.5 Å². The van der Waals surface area contributed by atoms with Crippen molar-refractivity contribution in [1.82, 2.24) is 0 Å². The molecule has 0 aromatic carbocycles. The summed E-state index contributed by atoms with van der Waals surface area (Å²) in [5, 5.41) is 15.2. The molecule has 0 bridgehead atoms. The third-order valence-electron chi connectivity index (χ3n) is 0.0791. The van der Waals surface area contributed by atoms with Gasteiger partial charge in [0.25, 0.3) is 0 Å². The molecule has 0 rings (SSSR count). The first-order valence-corrected chi connectivity index (χ1v) is 1.90. The van der Waals surface area contributed by atoms with Crippen LogP contribution in [0.15, 0.2) is 0 Å². The van der Waals surface area contributed by atoms with Crippen LogP contribution >= 0.6 is 0 Å². The molecule has 36 valence electrons. The molecular formula is C2Fe2N2Zn. The molecule has 0 aromatic rings. The Morgan fingerprint density at radius 3 is 1.43 bits per heavy atom. The molecule has 0 saturated heterocycles. The number of hydrogen-bond acceptors (Lipinski definition) is 2. The molecule has 0 unspecified atom stereocenters. The molecule has 0 aliphatic heterocycles. The van der Waals surface area contributed by atoms with Gasteiger partial charge in [0.1, 0.15) is 0 Å². The van der Waals surface area contributed by atoms with E-state index >= 15 is 0 Å². The van der Waals surface area contributed by atoms with Crippen molar-refractivity contribution in [3.05, 3.63) is 0 Å². The van der Waals surface area contributed by atoms with E-state index in [0.29, 0.717) is 0 Å². The smallest absolute Gasteiger partial charge is 0 e. The first-order valence-electron chi connectivity index (χ1n) is 0.801. The Kier molecular flexibility index (Phi) is 35.6. The molecule has 7 heavy (non-hydrogen) atoms. The van der Waals surface area contributed by atoms with Crippen molar-refractivity contribution in [2.45, 2.75) is 0 Å². The van der Waals surface area contributed by atoms with Gasteiger partial charge in [-0.25, -0.2) is 0 Å². The Labute approximate surface area is 71.6 Å². The van der Waals surface area contributed by atoms with Crippen LogP contribution in [-0.4, -0.2) is 0 Å². The van der Waals surface area contributed by atoms with E-state index in [9.17, 15) is 0 Å². The van der Waals surface area contributed by atoms with Gasteiger partial charge in [0.05, 0.1) is 0 Å². The minimum absolute atomic E-state index is 0. The van der Waals surface area contributed by atoms with Gasteiger partial charge in [-0.3, -0.25) is 0 Å². The fourth-order valence-corrected chi connectivity index (χ4v) is 0.0729. The zero-order chi connectivity index (χ0) is 4.12. The van der Waals surface area contributed by atoms with E-state index < -0.39 is 0 Å². The molecule has 5 heteroatoms. The van der Waals surface area contributed by atoms with Crippen molar-refractivity contribution in [2.24, 2.45) is 0 Å². The van der Waals surface area contributed by atoms with E-state index in [1.165, 1.54) is 0 Å². The molecule has 0 heterocycles. The first-order chi connectivity index (χ1) is 2.41. The Bertz CT molecular complexity index is 78.8. The molecule has 0 amide bonds. The maximum absolute atomic E-state index is 7.59. The standard InChI is InChI=1S/2CN.2Fe.Zn/c2*1-2;;;. The monoisotopic (exact) mass is 228 g/mol. The van der Waals surface area contributed by atoms with Gasteiger partial charge in [0.15, 0.2) is 0 Å². The second-order valence-electron chi connectivity index (χ2n) is 0.247. The summed E-state index contributed by atoms with van der Waals surface area (Å²) in [7, 11) is 0. The third kappa shape index (κ3) is 20.5. The Hall–Kier alpha value is 0.642. The van der Waals surface area contributed by atoms with Gasteiger partial charge in [0.2, 0.25) is 0 Å². The first kappa shape index (κ1) is 15.6. The van der Waals surface area contributed by atoms with Gasteiger partial charge in [0, 0.05) is 36.5 Å². The molecule has 0 saturated carbocycles. The van der Waals surface area contributed by atoms with E-state index in [1.54, 1.807) is 9.94 Å². The van der Waals surface area contributed by atoms with Crippen LogP contribution in [-0.2, 0) is 51.5 Å². The normalized spacial score (nSPS) is 3.71. The molecule has 0 spiro atoms. The molecule has 0 aliphatic carbocycles. The average molecular weight is 229 g/mol. The summed E-state index contributed by atoms with van der Waals surface area (Å²) in [6.07, 6.45) is 0. The second kappa shape index (κ2) is 15.9. The molecule has 0 atom stereocenters. The Balaban J connectivity index is -0.0000000800. The number of nitrogens with zero attached hydrogens (tertiary/aromatic N) is 2. The molecule has 0 N–H and O–H groups in total. The number of hydrogen-bond donors (Lipinski definition) is 0. The summed E-state index contributed by atoms with van der Waals surface area (Å²) >= 11 is 0. The Morgan fingerprint density at radius 1 is 1.14 bits per heavy atom. The van der Waals surface area contributed by atoms with Gasteiger partial charge in [-0.1, -0.05) is 0 Å². The van der Waals surface area contributed by atoms with Gasteiger partial charge in [-0.15, -0.1) is 0 Å². The summed E-state index contributed by atoms with van der Waals surface area (Å²) in [5.41, 5.74) is 0. The van der Waals surface area contributed by atoms with Gasteiger partial charge >= 0.3 is 35.4 Å². The van der Waals surface area contributed by atoms with Gasteiger partial charge in [-0.05, 0) is 0 Å². The minimum atomic E-state index is 0. The van der Waals surface area contributed by atoms with Crippen LogP contribution in [0.2, 0.25) is 0 Å². The van der Waals surface area contributed by atoms with Crippen molar-refractivity contribution in [2.75, 3.05) is 0 Å². The number of nitriles is 2. The van der Waals surface area contributed by atoms with Crippen molar-refractivity contribution < 1.29 is 51.5 Å². The second-order valence-corrected chi connectivity index (χ2v) is 1.02. The van der Waals surface area contributed by atoms with Crippen LogP contribution in [0.5, 0.6) is 0 Å². The van der Waals surface area contributed by atoms with Gasteiger partial charge < -0.3 is 0 Å². The van der Waals surface area contributed by atoms with E-state index in [0.717, 1.165) is 0 Å². The van der Waals surface area contributed by atoms with Crippen LogP contribution in [0, 0.1) is 20.5 Å². The van der Waals surface area contributed by atoms with Crippen molar-refractivity contribution >= 4 is 0 Å². The van der Waals surface area contributed by atoms with Crippen LogP contribution in [0.3, 0.4) is 0 Å². The quantitative estimate of drug-likeness (QED) is 0.550. The SMILES string of the molecule is N#[C][Fe][C]#N.[Fe].[Zn]. The molecular weight excluding hydrogens is 229 g/mol. The minimum Gasteiger partial charge on any atom is 0 e. The maximum Gasteiger partial charge on any atom is 0 e. The molecule has 0 fully saturated rings. The number of rotatable bonds is 0. The zero-order valence-corrected chi connectivity index (χ0v) is 8.48. The summed E-state index contributed by atoms with van der Waals surface area (Å²) in [6, 6.07) is 0. The summed E-state index contributed by atoms with van der Waals surface area (Å²) in [5.74, 6) is 0. The van der Waals surface area contributed by atoms with E-state index in [4.69, 9.17) is 10.5 Å². The average Bonchev–Trinajstić information content (AvgIpc) is 1.41. The van der Waals surface area contributed by atoms with Crippen molar-refractivity contribution in [3.63, 3.8) is 0 Å². The summed E-state index contributed by atoms with van der Waals surface area (Å²) in [4.78, 5) is 3.31. The van der Waals surface area contributed by atoms with Crippen LogP contribution < -0.4 is 0 Å². The van der Waals surface area contributed by atoms with Crippen molar-refractivity contribution in [1.29, 1.82) is 10.5 Å². The molecule has 2 nitrogen and oxygen atoms in total. The van der Waals surface area contributed by atoms with E-state index in [2.05, 4.69) is 0 Å².